The molecule has 3 rings (SSSR count). The number of benzene rings is 2. The summed E-state index contributed by atoms with van der Waals surface area (Å²) in [7, 11) is -2.75. The van der Waals surface area contributed by atoms with Crippen LogP contribution < -0.4 is 19.7 Å². The summed E-state index contributed by atoms with van der Waals surface area (Å²) in [5.41, 5.74) is -0.0298. The number of nitrogens with zero attached hydrogens (tertiary/aromatic N) is 2. The first-order valence-electron chi connectivity index (χ1n) is 11.1. The number of methoxy groups -OCH3 is 1. The molecule has 35 heavy (non-hydrogen) atoms. The van der Waals surface area contributed by atoms with Crippen molar-refractivity contribution >= 4 is 38.9 Å². The van der Waals surface area contributed by atoms with E-state index in [1.807, 2.05) is 0 Å². The van der Waals surface area contributed by atoms with Crippen molar-refractivity contribution in [3.63, 3.8) is 0 Å². The number of nitro benzene ring substituents is 1. The van der Waals surface area contributed by atoms with Crippen LogP contribution in [0.25, 0.3) is 0 Å². The lowest BCUT2D eigenvalue weighted by atomic mass is 9.95. The number of nitrogens with one attached hydrogen (secondary N) is 2. The summed E-state index contributed by atoms with van der Waals surface area (Å²) in [6.45, 7) is -0.686. The highest BCUT2D eigenvalue weighted by atomic mass is 32.2. The summed E-state index contributed by atoms with van der Waals surface area (Å²) in [4.78, 5) is 36.3. The summed E-state index contributed by atoms with van der Waals surface area (Å²) in [6, 6.07) is 9.96. The van der Waals surface area contributed by atoms with Crippen LogP contribution in [0.1, 0.15) is 42.5 Å². The minimum absolute atomic E-state index is 0.0427. The first kappa shape index (κ1) is 25.9. The Morgan fingerprint density at radius 3 is 2.46 bits per heavy atom. The first-order valence-corrected chi connectivity index (χ1v) is 12.9. The normalized spacial score (nSPS) is 14.1. The number of nitro groups is 1. The Morgan fingerprint density at radius 1 is 1.14 bits per heavy atom. The number of para-hydroxylation sites is 1. The summed E-state index contributed by atoms with van der Waals surface area (Å²) in [6.07, 6.45) is 5.91. The molecule has 1 aliphatic rings. The molecule has 2 amide bonds. The molecule has 188 valence electrons. The fourth-order valence-electron chi connectivity index (χ4n) is 3.99. The van der Waals surface area contributed by atoms with E-state index in [0.29, 0.717) is 0 Å². The molecule has 0 aliphatic heterocycles. The number of hydrogen-bond acceptors (Lipinski definition) is 7. The predicted molar refractivity (Wildman–Crippen MR) is 131 cm³/mol. The van der Waals surface area contributed by atoms with Crippen LogP contribution >= 0.6 is 0 Å². The standard InChI is InChI=1S/C23H28N4O7S/c1-34-21-13-12-17(27(30)31)14-20(21)26(35(2,32)33)15-22(28)25-19-11-7-6-10-18(19)23(29)24-16-8-4-3-5-9-16/h6-7,10-14,16H,3-5,8-9,15H2,1-2H3,(H,24,29)(H,25,28). The topological polar surface area (TPSA) is 148 Å². The van der Waals surface area contributed by atoms with Crippen molar-refractivity contribution in [3.8, 4) is 5.75 Å². The Bertz CT molecular complexity index is 1210. The fourth-order valence-corrected chi connectivity index (χ4v) is 4.84. The molecule has 0 heterocycles. The third-order valence-corrected chi connectivity index (χ3v) is 6.84. The van der Waals surface area contributed by atoms with Gasteiger partial charge in [-0.1, -0.05) is 31.4 Å². The average molecular weight is 505 g/mol. The minimum Gasteiger partial charge on any atom is -0.495 e. The molecule has 2 aromatic rings. The van der Waals surface area contributed by atoms with Gasteiger partial charge in [0.15, 0.2) is 0 Å². The molecular weight excluding hydrogens is 476 g/mol. The van der Waals surface area contributed by atoms with Gasteiger partial charge >= 0.3 is 0 Å². The van der Waals surface area contributed by atoms with Crippen LogP contribution in [0.3, 0.4) is 0 Å². The molecule has 0 bridgehead atoms. The molecule has 0 radical (unpaired) electrons. The van der Waals surface area contributed by atoms with Gasteiger partial charge in [-0.2, -0.15) is 0 Å². The number of sulfonamides is 1. The maximum Gasteiger partial charge on any atom is 0.271 e. The predicted octanol–water partition coefficient (Wildman–Crippen LogP) is 3.07. The molecule has 11 nitrogen and oxygen atoms in total. The number of non-ortho nitro benzene ring substituents is 1. The van der Waals surface area contributed by atoms with Gasteiger partial charge < -0.3 is 15.4 Å². The van der Waals surface area contributed by atoms with Gasteiger partial charge in [0, 0.05) is 18.2 Å². The SMILES string of the molecule is COc1ccc([N+](=O)[O-])cc1N(CC(=O)Nc1ccccc1C(=O)NC1CCCCC1)S(C)(=O)=O. The van der Waals surface area contributed by atoms with E-state index in [9.17, 15) is 28.1 Å². The molecule has 2 aromatic carbocycles. The lowest BCUT2D eigenvalue weighted by Gasteiger charge is -2.24. The van der Waals surface area contributed by atoms with Gasteiger partial charge in [0.25, 0.3) is 11.6 Å². The van der Waals surface area contributed by atoms with Gasteiger partial charge in [-0.05, 0) is 31.0 Å². The molecule has 12 heteroatoms. The zero-order chi connectivity index (χ0) is 25.6. The molecule has 1 aliphatic carbocycles. The van der Waals surface area contributed by atoms with Crippen molar-refractivity contribution in [2.24, 2.45) is 0 Å². The number of carbonyl (C=O) groups is 2. The highest BCUT2D eigenvalue weighted by molar-refractivity contribution is 7.92. The lowest BCUT2D eigenvalue weighted by molar-refractivity contribution is -0.384. The van der Waals surface area contributed by atoms with Crippen LogP contribution in [-0.4, -0.2) is 51.1 Å². The number of ether oxygens (including phenoxy) is 1. The third kappa shape index (κ3) is 6.69. The molecule has 0 spiro atoms. The Balaban J connectivity index is 1.83. The van der Waals surface area contributed by atoms with Gasteiger partial charge in [0.2, 0.25) is 15.9 Å². The van der Waals surface area contributed by atoms with Gasteiger partial charge in [-0.15, -0.1) is 0 Å². The van der Waals surface area contributed by atoms with Crippen LogP contribution in [0.4, 0.5) is 17.1 Å². The summed E-state index contributed by atoms with van der Waals surface area (Å²) in [5.74, 6) is -1.02. The van der Waals surface area contributed by atoms with Crippen molar-refractivity contribution < 1.29 is 27.7 Å². The summed E-state index contributed by atoms with van der Waals surface area (Å²) >= 11 is 0. The largest absolute Gasteiger partial charge is 0.495 e. The van der Waals surface area contributed by atoms with E-state index in [1.54, 1.807) is 24.3 Å². The second kappa shape index (κ2) is 11.2. The summed E-state index contributed by atoms with van der Waals surface area (Å²) in [5, 5.41) is 16.8. The first-order chi connectivity index (χ1) is 16.6. The van der Waals surface area contributed by atoms with Crippen molar-refractivity contribution in [2.75, 3.05) is 29.5 Å². The third-order valence-electron chi connectivity index (χ3n) is 5.72. The zero-order valence-corrected chi connectivity index (χ0v) is 20.3. The second-order valence-electron chi connectivity index (χ2n) is 8.29. The molecule has 0 aromatic heterocycles. The Labute approximate surface area is 203 Å². The van der Waals surface area contributed by atoms with Crippen LogP contribution in [0.15, 0.2) is 42.5 Å². The number of anilines is 2. The molecule has 1 fully saturated rings. The molecule has 0 atom stereocenters. The van der Waals surface area contributed by atoms with Crippen LogP contribution in [0, 0.1) is 10.1 Å². The van der Waals surface area contributed by atoms with E-state index in [0.717, 1.165) is 48.7 Å². The van der Waals surface area contributed by atoms with Crippen molar-refractivity contribution in [3.05, 3.63) is 58.1 Å². The van der Waals surface area contributed by atoms with E-state index in [2.05, 4.69) is 10.6 Å². The van der Waals surface area contributed by atoms with Gasteiger partial charge in [-0.3, -0.25) is 24.0 Å². The van der Waals surface area contributed by atoms with Crippen molar-refractivity contribution in [1.29, 1.82) is 0 Å². The maximum atomic E-state index is 12.9. The maximum absolute atomic E-state index is 12.9. The highest BCUT2D eigenvalue weighted by Gasteiger charge is 2.27. The molecular formula is C23H28N4O7S. The minimum atomic E-state index is -4.04. The van der Waals surface area contributed by atoms with Gasteiger partial charge in [0.05, 0.1) is 29.5 Å². The van der Waals surface area contributed by atoms with Gasteiger partial charge in [-0.25, -0.2) is 8.42 Å². The van der Waals surface area contributed by atoms with Crippen LogP contribution in [0.5, 0.6) is 5.75 Å². The van der Waals surface area contributed by atoms with E-state index in [-0.39, 0.29) is 40.3 Å². The zero-order valence-electron chi connectivity index (χ0n) is 19.5. The van der Waals surface area contributed by atoms with E-state index >= 15 is 0 Å². The smallest absolute Gasteiger partial charge is 0.271 e. The van der Waals surface area contributed by atoms with Crippen LogP contribution in [0.2, 0.25) is 0 Å². The summed E-state index contributed by atoms with van der Waals surface area (Å²) < 4.78 is 30.9. The number of rotatable bonds is 9. The van der Waals surface area contributed by atoms with E-state index < -0.39 is 27.4 Å². The molecule has 1 saturated carbocycles. The number of amides is 2. The quantitative estimate of drug-likeness (QED) is 0.394. The van der Waals surface area contributed by atoms with Crippen molar-refractivity contribution in [1.82, 2.24) is 5.32 Å². The van der Waals surface area contributed by atoms with Crippen molar-refractivity contribution in [2.45, 2.75) is 38.1 Å². The Kier molecular flexibility index (Phi) is 8.28. The molecule has 0 saturated heterocycles. The molecule has 2 N–H and O–H groups in total. The lowest BCUT2D eigenvalue weighted by Crippen LogP contribution is -2.39. The average Bonchev–Trinajstić information content (AvgIpc) is 2.82. The van der Waals surface area contributed by atoms with Gasteiger partial charge in [0.1, 0.15) is 18.0 Å². The highest BCUT2D eigenvalue weighted by Crippen LogP contribution is 2.33. The van der Waals surface area contributed by atoms with E-state index in [1.165, 1.54) is 19.2 Å². The Hall–Kier alpha value is -3.67. The molecule has 0 unspecified atom stereocenters. The Morgan fingerprint density at radius 2 is 1.83 bits per heavy atom. The fraction of sp³-hybridized carbons (Fsp3) is 0.391. The van der Waals surface area contributed by atoms with Crippen LogP contribution in [-0.2, 0) is 14.8 Å². The monoisotopic (exact) mass is 504 g/mol. The van der Waals surface area contributed by atoms with E-state index in [4.69, 9.17) is 4.74 Å². The number of carbonyl (C=O) groups excluding carboxylic acids is 2. The second-order valence-corrected chi connectivity index (χ2v) is 10.2. The number of hydrogen-bond donors (Lipinski definition) is 2.